The molecule has 1 unspecified atom stereocenters. The molecule has 4 nitrogen and oxygen atoms in total. The van der Waals surface area contributed by atoms with Crippen LogP contribution in [0, 0.1) is 0 Å². The second-order valence-electron chi connectivity index (χ2n) is 4.96. The third kappa shape index (κ3) is 4.33. The van der Waals surface area contributed by atoms with Crippen molar-refractivity contribution in [2.75, 3.05) is 0 Å². The number of ether oxygens (including phenoxy) is 1. The average molecular weight is 285 g/mol. The molecule has 0 radical (unpaired) electrons. The van der Waals surface area contributed by atoms with Crippen LogP contribution in [0.5, 0.6) is 5.75 Å². The summed E-state index contributed by atoms with van der Waals surface area (Å²) in [5, 5.41) is 8.79. The summed E-state index contributed by atoms with van der Waals surface area (Å²) >= 11 is 0. The lowest BCUT2D eigenvalue weighted by Crippen LogP contribution is -2.32. The van der Waals surface area contributed by atoms with E-state index in [1.807, 2.05) is 61.5 Å². The van der Waals surface area contributed by atoms with Gasteiger partial charge in [-0.2, -0.15) is 0 Å². The van der Waals surface area contributed by atoms with E-state index in [0.717, 1.165) is 16.9 Å². The number of aliphatic carboxylic acids is 1. The standard InChI is InChI=1S/C17H19NO3/c1-12(14-5-3-2-4-6-14)21-15-9-7-13(8-10-15)11-16(18)17(19)20/h2-10,12,16H,11,18H2,1H3,(H,19,20)/t12?,16-/m0/s1. The first-order valence-corrected chi connectivity index (χ1v) is 6.85. The second kappa shape index (κ2) is 6.90. The van der Waals surface area contributed by atoms with Crippen molar-refractivity contribution >= 4 is 5.97 Å². The van der Waals surface area contributed by atoms with Gasteiger partial charge in [-0.15, -0.1) is 0 Å². The van der Waals surface area contributed by atoms with Gasteiger partial charge in [0.05, 0.1) is 0 Å². The predicted molar refractivity (Wildman–Crippen MR) is 81.2 cm³/mol. The van der Waals surface area contributed by atoms with E-state index in [2.05, 4.69) is 0 Å². The van der Waals surface area contributed by atoms with Crippen molar-refractivity contribution in [2.24, 2.45) is 5.73 Å². The monoisotopic (exact) mass is 285 g/mol. The molecule has 0 heterocycles. The Morgan fingerprint density at radius 3 is 2.33 bits per heavy atom. The smallest absolute Gasteiger partial charge is 0.320 e. The van der Waals surface area contributed by atoms with Gasteiger partial charge in [0, 0.05) is 0 Å². The number of carbonyl (C=O) groups is 1. The largest absolute Gasteiger partial charge is 0.486 e. The van der Waals surface area contributed by atoms with E-state index < -0.39 is 12.0 Å². The zero-order valence-corrected chi connectivity index (χ0v) is 11.9. The molecule has 0 aliphatic rings. The van der Waals surface area contributed by atoms with E-state index in [-0.39, 0.29) is 6.10 Å². The van der Waals surface area contributed by atoms with Crippen LogP contribution in [-0.4, -0.2) is 17.1 Å². The van der Waals surface area contributed by atoms with Crippen molar-refractivity contribution in [2.45, 2.75) is 25.5 Å². The minimum Gasteiger partial charge on any atom is -0.486 e. The first-order chi connectivity index (χ1) is 10.1. The molecular formula is C17H19NO3. The summed E-state index contributed by atoms with van der Waals surface area (Å²) in [5.41, 5.74) is 7.50. The molecule has 2 aromatic carbocycles. The van der Waals surface area contributed by atoms with E-state index >= 15 is 0 Å². The molecule has 2 rings (SSSR count). The molecule has 3 N–H and O–H groups in total. The van der Waals surface area contributed by atoms with Gasteiger partial charge in [0.25, 0.3) is 0 Å². The highest BCUT2D eigenvalue weighted by Crippen LogP contribution is 2.22. The Hall–Kier alpha value is -2.33. The van der Waals surface area contributed by atoms with Crippen molar-refractivity contribution < 1.29 is 14.6 Å². The molecule has 2 aromatic rings. The summed E-state index contributed by atoms with van der Waals surface area (Å²) in [6.07, 6.45) is 0.266. The van der Waals surface area contributed by atoms with Crippen LogP contribution >= 0.6 is 0 Å². The highest BCUT2D eigenvalue weighted by atomic mass is 16.5. The fraction of sp³-hybridized carbons (Fsp3) is 0.235. The lowest BCUT2D eigenvalue weighted by Gasteiger charge is -2.15. The van der Waals surface area contributed by atoms with Gasteiger partial charge >= 0.3 is 5.97 Å². The third-order valence-corrected chi connectivity index (χ3v) is 3.28. The Kier molecular flexibility index (Phi) is 4.95. The van der Waals surface area contributed by atoms with E-state index in [4.69, 9.17) is 15.6 Å². The van der Waals surface area contributed by atoms with Gasteiger partial charge in [-0.3, -0.25) is 4.79 Å². The van der Waals surface area contributed by atoms with Gasteiger partial charge in [0.1, 0.15) is 17.9 Å². The molecule has 0 aliphatic heterocycles. The molecule has 0 saturated carbocycles. The molecule has 0 aliphatic carbocycles. The van der Waals surface area contributed by atoms with E-state index in [1.54, 1.807) is 0 Å². The van der Waals surface area contributed by atoms with Gasteiger partial charge in [-0.25, -0.2) is 0 Å². The second-order valence-corrected chi connectivity index (χ2v) is 4.96. The molecule has 2 atom stereocenters. The predicted octanol–water partition coefficient (Wildman–Crippen LogP) is 2.78. The quantitative estimate of drug-likeness (QED) is 0.856. The van der Waals surface area contributed by atoms with E-state index in [9.17, 15) is 4.79 Å². The van der Waals surface area contributed by atoms with Gasteiger partial charge in [0.2, 0.25) is 0 Å². The molecule has 0 saturated heterocycles. The highest BCUT2D eigenvalue weighted by molar-refractivity contribution is 5.73. The van der Waals surface area contributed by atoms with Crippen molar-refractivity contribution in [3.05, 3.63) is 65.7 Å². The van der Waals surface area contributed by atoms with Gasteiger partial charge in [0.15, 0.2) is 0 Å². The number of nitrogens with two attached hydrogens (primary N) is 1. The molecule has 0 bridgehead atoms. The number of carboxylic acids is 1. The Bertz CT molecular complexity index is 581. The molecule has 0 amide bonds. The fourth-order valence-electron chi connectivity index (χ4n) is 2.04. The van der Waals surface area contributed by atoms with Crippen molar-refractivity contribution in [1.29, 1.82) is 0 Å². The maximum absolute atomic E-state index is 10.7. The Morgan fingerprint density at radius 1 is 1.14 bits per heavy atom. The van der Waals surface area contributed by atoms with Crippen molar-refractivity contribution in [1.82, 2.24) is 0 Å². The van der Waals surface area contributed by atoms with Crippen LogP contribution in [0.15, 0.2) is 54.6 Å². The van der Waals surface area contributed by atoms with Gasteiger partial charge in [-0.05, 0) is 36.6 Å². The summed E-state index contributed by atoms with van der Waals surface area (Å²) in [5.74, 6) is -0.243. The maximum Gasteiger partial charge on any atom is 0.320 e. The van der Waals surface area contributed by atoms with Crippen LogP contribution in [0.1, 0.15) is 24.2 Å². The van der Waals surface area contributed by atoms with Gasteiger partial charge < -0.3 is 15.6 Å². The minimum atomic E-state index is -0.993. The van der Waals surface area contributed by atoms with Crippen LogP contribution in [0.25, 0.3) is 0 Å². The summed E-state index contributed by atoms with van der Waals surface area (Å²) in [6, 6.07) is 16.4. The van der Waals surface area contributed by atoms with Gasteiger partial charge in [-0.1, -0.05) is 42.5 Å². The van der Waals surface area contributed by atoms with Crippen molar-refractivity contribution in [3.63, 3.8) is 0 Å². The average Bonchev–Trinajstić information content (AvgIpc) is 2.50. The molecule has 4 heteroatoms. The topological polar surface area (TPSA) is 72.5 Å². The van der Waals surface area contributed by atoms with Crippen LogP contribution in [0.4, 0.5) is 0 Å². The number of rotatable bonds is 6. The molecule has 110 valence electrons. The number of benzene rings is 2. The minimum absolute atomic E-state index is 0.0432. The molecule has 21 heavy (non-hydrogen) atoms. The number of hydrogen-bond acceptors (Lipinski definition) is 3. The SMILES string of the molecule is CC(Oc1ccc(C[C@H](N)C(=O)O)cc1)c1ccccc1. The number of hydrogen-bond donors (Lipinski definition) is 2. The highest BCUT2D eigenvalue weighted by Gasteiger charge is 2.12. The summed E-state index contributed by atoms with van der Waals surface area (Å²) in [6.45, 7) is 1.99. The molecule has 0 fully saturated rings. The maximum atomic E-state index is 10.7. The summed E-state index contributed by atoms with van der Waals surface area (Å²) < 4.78 is 5.86. The Morgan fingerprint density at radius 2 is 1.76 bits per heavy atom. The molecule has 0 aromatic heterocycles. The zero-order chi connectivity index (χ0) is 15.2. The third-order valence-electron chi connectivity index (χ3n) is 3.28. The fourth-order valence-corrected chi connectivity index (χ4v) is 2.04. The first-order valence-electron chi connectivity index (χ1n) is 6.85. The normalized spacial score (nSPS) is 13.4. The van der Waals surface area contributed by atoms with E-state index in [1.165, 1.54) is 0 Å². The Balaban J connectivity index is 1.98. The summed E-state index contributed by atoms with van der Waals surface area (Å²) in [4.78, 5) is 10.7. The number of carboxylic acid groups (broad SMARTS) is 1. The lowest BCUT2D eigenvalue weighted by atomic mass is 10.1. The molecule has 0 spiro atoms. The van der Waals surface area contributed by atoms with Crippen molar-refractivity contribution in [3.8, 4) is 5.75 Å². The van der Waals surface area contributed by atoms with Crippen LogP contribution in [-0.2, 0) is 11.2 Å². The van der Waals surface area contributed by atoms with Crippen LogP contribution in [0.2, 0.25) is 0 Å². The first kappa shape index (κ1) is 15.1. The van der Waals surface area contributed by atoms with Crippen LogP contribution < -0.4 is 10.5 Å². The van der Waals surface area contributed by atoms with Crippen LogP contribution in [0.3, 0.4) is 0 Å². The van der Waals surface area contributed by atoms with E-state index in [0.29, 0.717) is 6.42 Å². The Labute approximate surface area is 124 Å². The summed E-state index contributed by atoms with van der Waals surface area (Å²) in [7, 11) is 0. The zero-order valence-electron chi connectivity index (χ0n) is 11.9. The lowest BCUT2D eigenvalue weighted by molar-refractivity contribution is -0.138. The molecular weight excluding hydrogens is 266 g/mol.